The average molecular weight is 410 g/mol. The number of Topliss-reactive ketones (excluding diaryl/α,β-unsaturated/α-hetero) is 1. The molecule has 2 N–H and O–H groups in total. The molecule has 0 saturated carbocycles. The van der Waals surface area contributed by atoms with E-state index in [2.05, 4.69) is 42.2 Å². The van der Waals surface area contributed by atoms with Gasteiger partial charge in [-0.1, -0.05) is 6.92 Å². The summed E-state index contributed by atoms with van der Waals surface area (Å²) in [6.07, 6.45) is 3.94. The lowest BCUT2D eigenvalue weighted by Gasteiger charge is -2.35. The van der Waals surface area contributed by atoms with Gasteiger partial charge >= 0.3 is 0 Å². The molecule has 162 valence electrons. The number of hydrogen-bond acceptors (Lipinski definition) is 4. The minimum absolute atomic E-state index is 0.0781. The molecule has 1 aromatic carbocycles. The SMILES string of the molecule is CCc1cc(C(=O)CCc2c(C)cc(C)[nH]c2=O)c(C)c(N(C)C2CCNCC2)c1. The predicted molar refractivity (Wildman–Crippen MR) is 124 cm³/mol. The number of carbonyl (C=O) groups is 1. The molecule has 1 fully saturated rings. The number of hydrogen-bond donors (Lipinski definition) is 2. The van der Waals surface area contributed by atoms with Crippen molar-refractivity contribution in [1.29, 1.82) is 0 Å². The van der Waals surface area contributed by atoms with Crippen molar-refractivity contribution in [3.05, 3.63) is 62.1 Å². The predicted octanol–water partition coefficient (Wildman–Crippen LogP) is 3.87. The number of rotatable bonds is 7. The van der Waals surface area contributed by atoms with Gasteiger partial charge in [0, 0.05) is 42.0 Å². The van der Waals surface area contributed by atoms with Gasteiger partial charge in [-0.25, -0.2) is 0 Å². The standard InChI is InChI=1S/C25H35N3O2/c1-6-19-14-22(18(4)23(15-19)28(5)20-9-11-26-12-10-20)24(29)8-7-21-16(2)13-17(3)27-25(21)30/h13-15,20,26H,6-12H2,1-5H3,(H,27,30). The number of nitrogens with one attached hydrogen (secondary N) is 2. The topological polar surface area (TPSA) is 65.2 Å². The first-order chi connectivity index (χ1) is 14.3. The number of anilines is 1. The van der Waals surface area contributed by atoms with Gasteiger partial charge in [-0.05, 0) is 94.4 Å². The Morgan fingerprint density at radius 1 is 1.13 bits per heavy atom. The molecule has 1 saturated heterocycles. The second-order valence-electron chi connectivity index (χ2n) is 8.60. The monoisotopic (exact) mass is 409 g/mol. The molecule has 1 aromatic heterocycles. The zero-order valence-electron chi connectivity index (χ0n) is 19.0. The molecule has 0 amide bonds. The number of benzene rings is 1. The van der Waals surface area contributed by atoms with E-state index < -0.39 is 0 Å². The molecule has 0 bridgehead atoms. The number of pyridine rings is 1. The second kappa shape index (κ2) is 9.61. The number of aromatic nitrogens is 1. The number of aryl methyl sites for hydroxylation is 3. The van der Waals surface area contributed by atoms with Gasteiger partial charge in [0.25, 0.3) is 5.56 Å². The van der Waals surface area contributed by atoms with Gasteiger partial charge in [-0.15, -0.1) is 0 Å². The van der Waals surface area contributed by atoms with Crippen LogP contribution in [0.3, 0.4) is 0 Å². The van der Waals surface area contributed by atoms with E-state index in [9.17, 15) is 9.59 Å². The molecule has 30 heavy (non-hydrogen) atoms. The second-order valence-corrected chi connectivity index (χ2v) is 8.60. The molecule has 0 atom stereocenters. The first-order valence-corrected chi connectivity index (χ1v) is 11.1. The molecule has 0 aliphatic carbocycles. The summed E-state index contributed by atoms with van der Waals surface area (Å²) in [5, 5.41) is 3.42. The van der Waals surface area contributed by atoms with Crippen LogP contribution in [0.2, 0.25) is 0 Å². The lowest BCUT2D eigenvalue weighted by molar-refractivity contribution is 0.0982. The van der Waals surface area contributed by atoms with Crippen LogP contribution < -0.4 is 15.8 Å². The first kappa shape index (κ1) is 22.3. The van der Waals surface area contributed by atoms with Crippen molar-refractivity contribution in [2.24, 2.45) is 0 Å². The van der Waals surface area contributed by atoms with E-state index in [1.165, 1.54) is 5.56 Å². The molecule has 2 heterocycles. The molecule has 5 heteroatoms. The number of nitrogens with zero attached hydrogens (tertiary/aromatic N) is 1. The smallest absolute Gasteiger partial charge is 0.251 e. The number of piperidine rings is 1. The van der Waals surface area contributed by atoms with Crippen LogP contribution in [0.5, 0.6) is 0 Å². The fourth-order valence-corrected chi connectivity index (χ4v) is 4.57. The van der Waals surface area contributed by atoms with Crippen LogP contribution in [0.1, 0.15) is 64.5 Å². The minimum atomic E-state index is -0.0781. The fourth-order valence-electron chi connectivity index (χ4n) is 4.57. The summed E-state index contributed by atoms with van der Waals surface area (Å²) in [5.74, 6) is 0.113. The van der Waals surface area contributed by atoms with Crippen LogP contribution in [0.4, 0.5) is 5.69 Å². The van der Waals surface area contributed by atoms with E-state index in [1.807, 2.05) is 26.0 Å². The number of carbonyl (C=O) groups excluding carboxylic acids is 1. The normalized spacial score (nSPS) is 14.7. The van der Waals surface area contributed by atoms with Gasteiger partial charge < -0.3 is 15.2 Å². The number of H-pyrrole nitrogens is 1. The van der Waals surface area contributed by atoms with Crippen LogP contribution in [-0.4, -0.2) is 36.9 Å². The highest BCUT2D eigenvalue weighted by Gasteiger charge is 2.22. The van der Waals surface area contributed by atoms with Crippen molar-refractivity contribution in [3.8, 4) is 0 Å². The maximum Gasteiger partial charge on any atom is 0.251 e. The summed E-state index contributed by atoms with van der Waals surface area (Å²) in [4.78, 5) is 30.7. The molecule has 0 unspecified atom stereocenters. The van der Waals surface area contributed by atoms with Crippen molar-refractivity contribution >= 4 is 11.5 Å². The molecule has 1 aliphatic heterocycles. The van der Waals surface area contributed by atoms with Crippen LogP contribution in [0.15, 0.2) is 23.0 Å². The zero-order valence-corrected chi connectivity index (χ0v) is 19.0. The van der Waals surface area contributed by atoms with E-state index in [0.29, 0.717) is 24.4 Å². The van der Waals surface area contributed by atoms with E-state index in [4.69, 9.17) is 0 Å². The lowest BCUT2D eigenvalue weighted by Crippen LogP contribution is -2.41. The molecule has 5 nitrogen and oxygen atoms in total. The van der Waals surface area contributed by atoms with Gasteiger partial charge in [0.2, 0.25) is 0 Å². The minimum Gasteiger partial charge on any atom is -0.371 e. The van der Waals surface area contributed by atoms with Crippen LogP contribution in [-0.2, 0) is 12.8 Å². The molecular formula is C25H35N3O2. The summed E-state index contributed by atoms with van der Waals surface area (Å²) >= 11 is 0. The van der Waals surface area contributed by atoms with Crippen LogP contribution in [0.25, 0.3) is 0 Å². The summed E-state index contributed by atoms with van der Waals surface area (Å²) in [6.45, 7) is 10.1. The Balaban J connectivity index is 1.86. The molecular weight excluding hydrogens is 374 g/mol. The molecule has 2 aromatic rings. The summed E-state index contributed by atoms with van der Waals surface area (Å²) in [5.41, 5.74) is 6.63. The van der Waals surface area contributed by atoms with Crippen LogP contribution in [0, 0.1) is 20.8 Å². The average Bonchev–Trinajstić information content (AvgIpc) is 2.73. The van der Waals surface area contributed by atoms with E-state index >= 15 is 0 Å². The van der Waals surface area contributed by atoms with E-state index in [1.54, 1.807) is 0 Å². The highest BCUT2D eigenvalue weighted by molar-refractivity contribution is 5.99. The molecule has 0 radical (unpaired) electrons. The Bertz CT molecular complexity index is 971. The van der Waals surface area contributed by atoms with Crippen molar-refractivity contribution < 1.29 is 4.79 Å². The molecule has 3 rings (SSSR count). The van der Waals surface area contributed by atoms with Crippen molar-refractivity contribution in [3.63, 3.8) is 0 Å². The fraction of sp³-hybridized carbons (Fsp3) is 0.520. The van der Waals surface area contributed by atoms with Gasteiger partial charge in [0.1, 0.15) is 0 Å². The number of aromatic amines is 1. The van der Waals surface area contributed by atoms with E-state index in [0.717, 1.165) is 60.4 Å². The van der Waals surface area contributed by atoms with Crippen molar-refractivity contribution in [1.82, 2.24) is 10.3 Å². The summed E-state index contributed by atoms with van der Waals surface area (Å²) < 4.78 is 0. The Morgan fingerprint density at radius 3 is 2.47 bits per heavy atom. The van der Waals surface area contributed by atoms with Crippen molar-refractivity contribution in [2.45, 2.75) is 65.8 Å². The highest BCUT2D eigenvalue weighted by Crippen LogP contribution is 2.29. The Hall–Kier alpha value is -2.40. The van der Waals surface area contributed by atoms with Crippen LogP contribution >= 0.6 is 0 Å². The third-order valence-corrected chi connectivity index (χ3v) is 6.48. The molecule has 0 spiro atoms. The Labute approximate surface area is 179 Å². The maximum atomic E-state index is 13.2. The maximum absolute atomic E-state index is 13.2. The summed E-state index contributed by atoms with van der Waals surface area (Å²) in [7, 11) is 2.15. The highest BCUT2D eigenvalue weighted by atomic mass is 16.1. The number of ketones is 1. The first-order valence-electron chi connectivity index (χ1n) is 11.1. The largest absolute Gasteiger partial charge is 0.371 e. The third-order valence-electron chi connectivity index (χ3n) is 6.48. The Morgan fingerprint density at radius 2 is 1.83 bits per heavy atom. The Kier molecular flexibility index (Phi) is 7.14. The summed E-state index contributed by atoms with van der Waals surface area (Å²) in [6, 6.07) is 6.75. The van der Waals surface area contributed by atoms with Gasteiger partial charge in [0.15, 0.2) is 5.78 Å². The zero-order chi connectivity index (χ0) is 21.8. The van der Waals surface area contributed by atoms with Gasteiger partial charge in [0.05, 0.1) is 0 Å². The van der Waals surface area contributed by atoms with E-state index in [-0.39, 0.29) is 11.3 Å². The third kappa shape index (κ3) is 4.84. The van der Waals surface area contributed by atoms with Gasteiger partial charge in [-0.2, -0.15) is 0 Å². The van der Waals surface area contributed by atoms with Crippen molar-refractivity contribution in [2.75, 3.05) is 25.0 Å². The molecule has 1 aliphatic rings. The quantitative estimate of drug-likeness (QED) is 0.682. The van der Waals surface area contributed by atoms with Gasteiger partial charge in [-0.3, -0.25) is 9.59 Å². The lowest BCUT2D eigenvalue weighted by atomic mass is 9.93.